The number of hydrogen-bond donors (Lipinski definition) is 3. The van der Waals surface area contributed by atoms with Gasteiger partial charge >= 0.3 is 0 Å². The summed E-state index contributed by atoms with van der Waals surface area (Å²) < 4.78 is 29.4. The average Bonchev–Trinajstić information content (AvgIpc) is 3.45. The lowest BCUT2D eigenvalue weighted by atomic mass is 9.92. The number of benzene rings is 1. The second-order valence-electron chi connectivity index (χ2n) is 11.5. The second kappa shape index (κ2) is 14.9. The van der Waals surface area contributed by atoms with E-state index in [1.807, 2.05) is 26.8 Å². The molecule has 222 valence electrons. The van der Waals surface area contributed by atoms with Crippen LogP contribution < -0.4 is 10.0 Å². The fourth-order valence-corrected chi connectivity index (χ4v) is 6.11. The fourth-order valence-electron chi connectivity index (χ4n) is 4.55. The molecule has 3 N–H and O–H groups in total. The van der Waals surface area contributed by atoms with Crippen molar-refractivity contribution in [2.24, 2.45) is 0 Å². The Bertz CT molecular complexity index is 1340. The minimum absolute atomic E-state index is 0.0143. The highest BCUT2D eigenvalue weighted by Gasteiger charge is 2.24. The van der Waals surface area contributed by atoms with Gasteiger partial charge in [0, 0.05) is 29.6 Å². The number of fused-ring (bicyclic) bond motifs is 1. The molecule has 3 aromatic rings. The summed E-state index contributed by atoms with van der Waals surface area (Å²) in [5.41, 5.74) is 2.26. The highest BCUT2D eigenvalue weighted by Crippen LogP contribution is 2.32. The first-order chi connectivity index (χ1) is 19.0. The van der Waals surface area contributed by atoms with Gasteiger partial charge in [0.05, 0.1) is 11.4 Å². The number of H-pyrrole nitrogens is 1. The average molecular weight is 593 g/mol. The summed E-state index contributed by atoms with van der Waals surface area (Å²) in [5, 5.41) is 11.0. The van der Waals surface area contributed by atoms with Crippen LogP contribution in [0.2, 0.25) is 5.02 Å². The molecule has 0 saturated heterocycles. The number of rotatable bonds is 17. The van der Waals surface area contributed by atoms with Crippen molar-refractivity contribution in [1.82, 2.24) is 25.1 Å². The number of aromatic nitrogens is 4. The van der Waals surface area contributed by atoms with Crippen molar-refractivity contribution >= 4 is 38.9 Å². The summed E-state index contributed by atoms with van der Waals surface area (Å²) in [7, 11) is -3.58. The largest absolute Gasteiger partial charge is 0.356 e. The molecular weight excluding hydrogens is 548 g/mol. The van der Waals surface area contributed by atoms with Crippen LogP contribution in [0.15, 0.2) is 24.3 Å². The first kappa shape index (κ1) is 31.9. The molecular formula is C29H45ClN6O3S. The Morgan fingerprint density at radius 2 is 1.70 bits per heavy atom. The number of sulfonamides is 1. The van der Waals surface area contributed by atoms with E-state index >= 15 is 0 Å². The third-order valence-electron chi connectivity index (χ3n) is 6.80. The molecule has 0 aliphatic heterocycles. The van der Waals surface area contributed by atoms with Gasteiger partial charge in [-0.15, -0.1) is 5.10 Å². The zero-order valence-electron chi connectivity index (χ0n) is 24.4. The van der Waals surface area contributed by atoms with E-state index in [9.17, 15) is 13.2 Å². The Hall–Kier alpha value is -2.59. The van der Waals surface area contributed by atoms with Crippen molar-refractivity contribution in [1.29, 1.82) is 0 Å². The van der Waals surface area contributed by atoms with Crippen LogP contribution in [0.3, 0.4) is 0 Å². The van der Waals surface area contributed by atoms with Gasteiger partial charge < -0.3 is 5.32 Å². The van der Waals surface area contributed by atoms with Crippen LogP contribution in [0.5, 0.6) is 0 Å². The second-order valence-corrected chi connectivity index (χ2v) is 13.7. The van der Waals surface area contributed by atoms with E-state index in [1.54, 1.807) is 22.8 Å². The molecule has 0 atom stereocenters. The van der Waals surface area contributed by atoms with Gasteiger partial charge in [-0.05, 0) is 25.0 Å². The molecule has 0 bridgehead atoms. The monoisotopic (exact) mass is 592 g/mol. The number of hydrogen-bond acceptors (Lipinski definition) is 5. The predicted octanol–water partition coefficient (Wildman–Crippen LogP) is 6.84. The van der Waals surface area contributed by atoms with Crippen molar-refractivity contribution in [3.05, 3.63) is 35.0 Å². The molecule has 40 heavy (non-hydrogen) atoms. The molecule has 2 aromatic heterocycles. The molecule has 0 aliphatic rings. The maximum absolute atomic E-state index is 12.6. The Balaban J connectivity index is 1.40. The molecule has 11 heteroatoms. The van der Waals surface area contributed by atoms with Gasteiger partial charge in [0.25, 0.3) is 0 Å². The molecule has 3 rings (SSSR count). The van der Waals surface area contributed by atoms with Gasteiger partial charge in [0.2, 0.25) is 15.9 Å². The van der Waals surface area contributed by atoms with Crippen LogP contribution in [0.25, 0.3) is 17.0 Å². The minimum atomic E-state index is -3.58. The van der Waals surface area contributed by atoms with E-state index in [-0.39, 0.29) is 17.1 Å². The van der Waals surface area contributed by atoms with Gasteiger partial charge in [-0.25, -0.2) is 13.4 Å². The van der Waals surface area contributed by atoms with Crippen LogP contribution in [-0.4, -0.2) is 46.4 Å². The summed E-state index contributed by atoms with van der Waals surface area (Å²) in [6.07, 6.45) is 11.7. The van der Waals surface area contributed by atoms with Crippen molar-refractivity contribution in [2.45, 2.75) is 104 Å². The number of nitrogens with zero attached hydrogens (tertiary/aromatic N) is 3. The number of nitrogens with one attached hydrogen (secondary N) is 3. The van der Waals surface area contributed by atoms with Crippen molar-refractivity contribution < 1.29 is 13.2 Å². The number of carbonyl (C=O) groups is 1. The van der Waals surface area contributed by atoms with Gasteiger partial charge in [-0.1, -0.05) is 103 Å². The van der Waals surface area contributed by atoms with Crippen molar-refractivity contribution in [2.75, 3.05) is 17.0 Å². The predicted molar refractivity (Wildman–Crippen MR) is 163 cm³/mol. The maximum atomic E-state index is 12.6. The van der Waals surface area contributed by atoms with Gasteiger partial charge in [-0.3, -0.25) is 14.6 Å². The van der Waals surface area contributed by atoms with Crippen molar-refractivity contribution in [3.8, 4) is 11.4 Å². The number of anilines is 1. The lowest BCUT2D eigenvalue weighted by molar-refractivity contribution is -0.121. The van der Waals surface area contributed by atoms with Gasteiger partial charge in [0.1, 0.15) is 5.02 Å². The lowest BCUT2D eigenvalue weighted by Crippen LogP contribution is -2.26. The van der Waals surface area contributed by atoms with E-state index in [0.29, 0.717) is 47.1 Å². The summed E-state index contributed by atoms with van der Waals surface area (Å²) in [6.45, 7) is 8.70. The number of amides is 1. The van der Waals surface area contributed by atoms with E-state index in [2.05, 4.69) is 32.1 Å². The summed E-state index contributed by atoms with van der Waals surface area (Å²) in [4.78, 5) is 16.6. The standard InChI is InChI=1S/C29H45ClN6O3S/c1-5-6-7-8-9-10-11-12-13-18-24(37)31-19-15-20-40(38,39)35-23-17-14-16-22(21-23)27-32-28-25(30)26(29(2,3)4)33-36(28)34-27/h14,16-17,21,33,35H,5-13,15,18-20H2,1-4H3,(H,31,37). The highest BCUT2D eigenvalue weighted by atomic mass is 35.5. The number of halogens is 1. The third kappa shape index (κ3) is 9.80. The van der Waals surface area contributed by atoms with Crippen LogP contribution >= 0.6 is 11.6 Å². The van der Waals surface area contributed by atoms with Crippen LogP contribution in [-0.2, 0) is 20.2 Å². The van der Waals surface area contributed by atoms with Crippen molar-refractivity contribution in [3.63, 3.8) is 0 Å². The van der Waals surface area contributed by atoms with Gasteiger partial charge in [0.15, 0.2) is 11.5 Å². The van der Waals surface area contributed by atoms with Crippen LogP contribution in [0.4, 0.5) is 5.69 Å². The first-order valence-electron chi connectivity index (χ1n) is 14.5. The third-order valence-corrected chi connectivity index (χ3v) is 8.54. The lowest BCUT2D eigenvalue weighted by Gasteiger charge is -2.16. The Kier molecular flexibility index (Phi) is 11.9. The van der Waals surface area contributed by atoms with E-state index in [0.717, 1.165) is 18.5 Å². The molecule has 0 saturated carbocycles. The van der Waals surface area contributed by atoms with E-state index in [4.69, 9.17) is 11.6 Å². The highest BCUT2D eigenvalue weighted by molar-refractivity contribution is 7.92. The summed E-state index contributed by atoms with van der Waals surface area (Å²) >= 11 is 6.53. The molecule has 0 fully saturated rings. The quantitative estimate of drug-likeness (QED) is 0.148. The Labute approximate surface area is 243 Å². The molecule has 9 nitrogen and oxygen atoms in total. The molecule has 2 heterocycles. The maximum Gasteiger partial charge on any atom is 0.232 e. The normalized spacial score (nSPS) is 12.2. The first-order valence-corrected chi connectivity index (χ1v) is 16.6. The van der Waals surface area contributed by atoms with Crippen LogP contribution in [0.1, 0.15) is 104 Å². The topological polar surface area (TPSA) is 121 Å². The number of aromatic amines is 1. The van der Waals surface area contributed by atoms with E-state index in [1.165, 1.54) is 44.9 Å². The molecule has 1 amide bonds. The number of carbonyl (C=O) groups excluding carboxylic acids is 1. The molecule has 1 aromatic carbocycles. The van der Waals surface area contributed by atoms with E-state index < -0.39 is 10.0 Å². The smallest absolute Gasteiger partial charge is 0.232 e. The fraction of sp³-hybridized carbons (Fsp3) is 0.621. The zero-order valence-corrected chi connectivity index (χ0v) is 25.9. The minimum Gasteiger partial charge on any atom is -0.356 e. The SMILES string of the molecule is CCCCCCCCCCCC(=O)NCCCS(=O)(=O)Nc1cccc(-c2nc3c(Cl)c(C(C)(C)C)[nH]n3n2)c1. The van der Waals surface area contributed by atoms with Crippen LogP contribution in [0, 0.1) is 0 Å². The molecule has 0 radical (unpaired) electrons. The molecule has 0 unspecified atom stereocenters. The van der Waals surface area contributed by atoms with Gasteiger partial charge in [-0.2, -0.15) is 4.63 Å². The molecule has 0 spiro atoms. The Morgan fingerprint density at radius 3 is 2.35 bits per heavy atom. The summed E-state index contributed by atoms with van der Waals surface area (Å²) in [6, 6.07) is 6.93. The molecule has 0 aliphatic carbocycles. The summed E-state index contributed by atoms with van der Waals surface area (Å²) in [5.74, 6) is 0.329. The zero-order chi connectivity index (χ0) is 29.2. The number of unbranched alkanes of at least 4 members (excludes halogenated alkanes) is 8. The Morgan fingerprint density at radius 1 is 1.02 bits per heavy atom.